The summed E-state index contributed by atoms with van der Waals surface area (Å²) >= 11 is 0. The van der Waals surface area contributed by atoms with Gasteiger partial charge in [-0.15, -0.1) is 0 Å². The molecule has 0 spiro atoms. The van der Waals surface area contributed by atoms with Crippen LogP contribution in [-0.4, -0.2) is 36.1 Å². The summed E-state index contributed by atoms with van der Waals surface area (Å²) in [6.07, 6.45) is 1.61. The molecule has 2 aromatic carbocycles. The molecule has 0 aliphatic carbocycles. The number of pyridine rings is 2. The highest BCUT2D eigenvalue weighted by Gasteiger charge is 2.12. The predicted molar refractivity (Wildman–Crippen MR) is 135 cm³/mol. The molecule has 2 N–H and O–H groups in total. The fraction of sp³-hybridized carbons (Fsp3) is 0.179. The Morgan fingerprint density at radius 2 is 1.68 bits per heavy atom. The summed E-state index contributed by atoms with van der Waals surface area (Å²) in [5.41, 5.74) is 6.88. The Morgan fingerprint density at radius 1 is 0.882 bits per heavy atom. The van der Waals surface area contributed by atoms with Gasteiger partial charge in [-0.1, -0.05) is 60.7 Å². The van der Waals surface area contributed by atoms with E-state index in [1.807, 2.05) is 18.2 Å². The molecular weight excluding hydrogens is 424 g/mol. The Kier molecular flexibility index (Phi) is 7.63. The van der Waals surface area contributed by atoms with Crippen molar-refractivity contribution in [2.24, 2.45) is 0 Å². The van der Waals surface area contributed by atoms with Crippen molar-refractivity contribution in [2.75, 3.05) is 20.2 Å². The number of carbonyl (C=O) groups is 1. The first-order valence-corrected chi connectivity index (χ1v) is 11.3. The fourth-order valence-electron chi connectivity index (χ4n) is 3.85. The summed E-state index contributed by atoms with van der Waals surface area (Å²) in [4.78, 5) is 20.9. The van der Waals surface area contributed by atoms with E-state index < -0.39 is 0 Å². The lowest BCUT2D eigenvalue weighted by molar-refractivity contribution is 0.0949. The van der Waals surface area contributed by atoms with Gasteiger partial charge in [-0.05, 0) is 41.8 Å². The van der Waals surface area contributed by atoms with Crippen molar-refractivity contribution in [2.45, 2.75) is 13.5 Å². The van der Waals surface area contributed by atoms with E-state index in [0.29, 0.717) is 31.2 Å². The van der Waals surface area contributed by atoms with Gasteiger partial charge in [0.2, 0.25) is 5.88 Å². The summed E-state index contributed by atoms with van der Waals surface area (Å²) in [6.45, 7) is 3.82. The van der Waals surface area contributed by atoms with Crippen LogP contribution in [0.4, 0.5) is 0 Å². The first-order chi connectivity index (χ1) is 16.7. The van der Waals surface area contributed by atoms with Gasteiger partial charge < -0.3 is 15.4 Å². The lowest BCUT2D eigenvalue weighted by Crippen LogP contribution is -2.32. The van der Waals surface area contributed by atoms with Crippen molar-refractivity contribution in [3.8, 4) is 28.3 Å². The van der Waals surface area contributed by atoms with Crippen LogP contribution in [0.15, 0.2) is 85.1 Å². The Hall–Kier alpha value is -4.03. The second-order valence-corrected chi connectivity index (χ2v) is 7.86. The van der Waals surface area contributed by atoms with Crippen molar-refractivity contribution in [3.05, 3.63) is 102 Å². The van der Waals surface area contributed by atoms with E-state index in [1.165, 1.54) is 16.7 Å². The highest BCUT2D eigenvalue weighted by molar-refractivity contribution is 5.92. The van der Waals surface area contributed by atoms with E-state index >= 15 is 0 Å². The molecule has 34 heavy (non-hydrogen) atoms. The zero-order chi connectivity index (χ0) is 23.8. The number of rotatable bonds is 9. The Bertz CT molecular complexity index is 1240. The molecular formula is C28H28N4O2. The molecule has 0 fully saturated rings. The monoisotopic (exact) mass is 452 g/mol. The van der Waals surface area contributed by atoms with Crippen LogP contribution in [0, 0.1) is 6.92 Å². The lowest BCUT2D eigenvalue weighted by Gasteiger charge is -2.14. The van der Waals surface area contributed by atoms with E-state index in [0.717, 1.165) is 16.8 Å². The molecule has 6 nitrogen and oxygen atoms in total. The number of benzene rings is 2. The lowest BCUT2D eigenvalue weighted by atomic mass is 9.94. The maximum absolute atomic E-state index is 12.1. The van der Waals surface area contributed by atoms with Crippen LogP contribution in [0.25, 0.3) is 22.4 Å². The summed E-state index contributed by atoms with van der Waals surface area (Å²) in [7, 11) is 1.63. The molecule has 0 saturated heterocycles. The van der Waals surface area contributed by atoms with Crippen molar-refractivity contribution in [1.82, 2.24) is 20.6 Å². The molecule has 0 radical (unpaired) electrons. The van der Waals surface area contributed by atoms with Gasteiger partial charge in [-0.3, -0.25) is 9.78 Å². The topological polar surface area (TPSA) is 76.1 Å². The zero-order valence-electron chi connectivity index (χ0n) is 19.4. The minimum Gasteiger partial charge on any atom is -0.481 e. The van der Waals surface area contributed by atoms with Crippen molar-refractivity contribution in [3.63, 3.8) is 0 Å². The largest absolute Gasteiger partial charge is 0.481 e. The van der Waals surface area contributed by atoms with Crippen LogP contribution >= 0.6 is 0 Å². The van der Waals surface area contributed by atoms with Gasteiger partial charge in [0.1, 0.15) is 5.69 Å². The molecule has 1 amide bonds. The molecule has 2 aromatic heterocycles. The van der Waals surface area contributed by atoms with Gasteiger partial charge in [0.15, 0.2) is 0 Å². The van der Waals surface area contributed by atoms with Gasteiger partial charge in [0.25, 0.3) is 5.91 Å². The third kappa shape index (κ3) is 5.47. The fourth-order valence-corrected chi connectivity index (χ4v) is 3.85. The van der Waals surface area contributed by atoms with Crippen molar-refractivity contribution < 1.29 is 9.53 Å². The third-order valence-corrected chi connectivity index (χ3v) is 5.63. The first kappa shape index (κ1) is 23.1. The Morgan fingerprint density at radius 3 is 2.44 bits per heavy atom. The predicted octanol–water partition coefficient (Wildman–Crippen LogP) is 4.65. The van der Waals surface area contributed by atoms with E-state index in [9.17, 15) is 4.79 Å². The molecule has 0 bridgehead atoms. The highest BCUT2D eigenvalue weighted by Crippen LogP contribution is 2.32. The average Bonchev–Trinajstić information content (AvgIpc) is 2.89. The average molecular weight is 453 g/mol. The molecule has 0 atom stereocenters. The Labute approximate surface area is 200 Å². The second kappa shape index (κ2) is 11.2. The first-order valence-electron chi connectivity index (χ1n) is 11.3. The third-order valence-electron chi connectivity index (χ3n) is 5.63. The minimum absolute atomic E-state index is 0.181. The van der Waals surface area contributed by atoms with Crippen LogP contribution in [0.1, 0.15) is 21.6 Å². The second-order valence-electron chi connectivity index (χ2n) is 7.86. The molecule has 4 aromatic rings. The van der Waals surface area contributed by atoms with E-state index in [1.54, 1.807) is 31.5 Å². The molecule has 0 saturated carbocycles. The SMILES string of the molecule is COc1nc(-c2cccc(-c3ccccc3)c2C)ccc1CNCCNC(=O)c1ccccn1. The van der Waals surface area contributed by atoms with Gasteiger partial charge in [0.05, 0.1) is 12.8 Å². The minimum atomic E-state index is -0.181. The number of amides is 1. The smallest absolute Gasteiger partial charge is 0.269 e. The number of hydrogen-bond donors (Lipinski definition) is 2. The quantitative estimate of drug-likeness (QED) is 0.362. The molecule has 0 aliphatic heterocycles. The Balaban J connectivity index is 1.40. The van der Waals surface area contributed by atoms with Gasteiger partial charge in [-0.2, -0.15) is 0 Å². The number of nitrogens with one attached hydrogen (secondary N) is 2. The number of ether oxygens (including phenoxy) is 1. The van der Waals surface area contributed by atoms with Gasteiger partial charge >= 0.3 is 0 Å². The van der Waals surface area contributed by atoms with Crippen LogP contribution in [0.3, 0.4) is 0 Å². The number of nitrogens with zero attached hydrogens (tertiary/aromatic N) is 2. The molecule has 4 rings (SSSR count). The summed E-state index contributed by atoms with van der Waals surface area (Å²) in [5, 5.41) is 6.19. The summed E-state index contributed by atoms with van der Waals surface area (Å²) in [6, 6.07) is 26.0. The van der Waals surface area contributed by atoms with Crippen LogP contribution in [0.2, 0.25) is 0 Å². The van der Waals surface area contributed by atoms with Crippen LogP contribution < -0.4 is 15.4 Å². The molecule has 0 unspecified atom stereocenters. The van der Waals surface area contributed by atoms with Gasteiger partial charge in [0, 0.05) is 37.0 Å². The maximum Gasteiger partial charge on any atom is 0.269 e. The van der Waals surface area contributed by atoms with E-state index in [-0.39, 0.29) is 5.91 Å². The van der Waals surface area contributed by atoms with E-state index in [4.69, 9.17) is 9.72 Å². The zero-order valence-corrected chi connectivity index (χ0v) is 19.4. The van der Waals surface area contributed by atoms with E-state index in [2.05, 4.69) is 65.0 Å². The van der Waals surface area contributed by atoms with Crippen LogP contribution in [0.5, 0.6) is 5.88 Å². The summed E-state index contributed by atoms with van der Waals surface area (Å²) in [5.74, 6) is 0.408. The highest BCUT2D eigenvalue weighted by atomic mass is 16.5. The number of carbonyl (C=O) groups excluding carboxylic acids is 1. The molecule has 172 valence electrons. The molecule has 2 heterocycles. The summed E-state index contributed by atoms with van der Waals surface area (Å²) < 4.78 is 5.59. The number of methoxy groups -OCH3 is 1. The van der Waals surface area contributed by atoms with Crippen LogP contribution in [-0.2, 0) is 6.54 Å². The molecule has 0 aliphatic rings. The standard InChI is InChI=1S/C28H28N4O2/c1-20-23(21-9-4-3-5-10-21)11-8-12-24(20)25-15-14-22(28(32-25)34-2)19-29-17-18-31-27(33)26-13-6-7-16-30-26/h3-16,29H,17-19H2,1-2H3,(H,31,33). The number of aromatic nitrogens is 2. The molecule has 6 heteroatoms. The number of hydrogen-bond acceptors (Lipinski definition) is 5. The van der Waals surface area contributed by atoms with Gasteiger partial charge in [-0.25, -0.2) is 4.98 Å². The van der Waals surface area contributed by atoms with Crippen molar-refractivity contribution >= 4 is 5.91 Å². The maximum atomic E-state index is 12.1. The normalized spacial score (nSPS) is 10.6. The van der Waals surface area contributed by atoms with Crippen molar-refractivity contribution in [1.29, 1.82) is 0 Å².